The van der Waals surface area contributed by atoms with Crippen LogP contribution in [0.15, 0.2) is 0 Å². The van der Waals surface area contributed by atoms with Crippen molar-refractivity contribution < 1.29 is 4.74 Å². The Morgan fingerprint density at radius 1 is 1.43 bits per heavy atom. The Morgan fingerprint density at radius 2 is 2.14 bits per heavy atom. The van der Waals surface area contributed by atoms with Crippen LogP contribution in [0.3, 0.4) is 0 Å². The molecule has 1 heterocycles. The number of rotatable bonds is 6. The predicted molar refractivity (Wildman–Crippen MR) is 63.8 cm³/mol. The van der Waals surface area contributed by atoms with Crippen LogP contribution in [-0.2, 0) is 4.74 Å². The fourth-order valence-electron chi connectivity index (χ4n) is 2.02. The summed E-state index contributed by atoms with van der Waals surface area (Å²) in [7, 11) is 1.75. The van der Waals surface area contributed by atoms with Crippen LogP contribution in [0.5, 0.6) is 0 Å². The second-order valence-electron chi connectivity index (χ2n) is 4.19. The minimum Gasteiger partial charge on any atom is -0.385 e. The molecule has 1 saturated heterocycles. The first kappa shape index (κ1) is 12.3. The van der Waals surface area contributed by atoms with E-state index in [0.717, 1.165) is 25.4 Å². The smallest absolute Gasteiger partial charge is 0.0462 e. The van der Waals surface area contributed by atoms with Gasteiger partial charge < -0.3 is 10.5 Å². The van der Waals surface area contributed by atoms with E-state index in [1.54, 1.807) is 7.11 Å². The first-order chi connectivity index (χ1) is 6.83. The fourth-order valence-corrected chi connectivity index (χ4v) is 3.22. The number of hydrogen-bond donors (Lipinski definition) is 1. The molecule has 0 radical (unpaired) electrons. The van der Waals surface area contributed by atoms with Gasteiger partial charge in [0.15, 0.2) is 0 Å². The lowest BCUT2D eigenvalue weighted by molar-refractivity contribution is 0.189. The van der Waals surface area contributed by atoms with Crippen LogP contribution in [0.1, 0.15) is 32.1 Å². The molecule has 0 saturated carbocycles. The second kappa shape index (κ2) is 7.55. The molecule has 0 aromatic heterocycles. The molecule has 1 aliphatic rings. The van der Waals surface area contributed by atoms with Gasteiger partial charge >= 0.3 is 0 Å². The summed E-state index contributed by atoms with van der Waals surface area (Å²) in [5.74, 6) is 3.58. The summed E-state index contributed by atoms with van der Waals surface area (Å²) in [5, 5.41) is 0. The Kier molecular flexibility index (Phi) is 6.65. The lowest BCUT2D eigenvalue weighted by Crippen LogP contribution is -2.25. The van der Waals surface area contributed by atoms with Gasteiger partial charge in [0.05, 0.1) is 0 Å². The zero-order valence-electron chi connectivity index (χ0n) is 9.21. The van der Waals surface area contributed by atoms with E-state index in [1.165, 1.54) is 30.8 Å². The van der Waals surface area contributed by atoms with Gasteiger partial charge in [-0.3, -0.25) is 0 Å². The van der Waals surface area contributed by atoms with Crippen LogP contribution < -0.4 is 5.73 Å². The van der Waals surface area contributed by atoms with Gasteiger partial charge in [-0.05, 0) is 49.5 Å². The third kappa shape index (κ3) is 5.23. The van der Waals surface area contributed by atoms with Gasteiger partial charge in [0, 0.05) is 19.8 Å². The number of hydrogen-bond acceptors (Lipinski definition) is 3. The highest BCUT2D eigenvalue weighted by atomic mass is 32.2. The minimum atomic E-state index is 0.401. The zero-order chi connectivity index (χ0) is 10.2. The Hall–Kier alpha value is 0.270. The van der Waals surface area contributed by atoms with Gasteiger partial charge in [0.25, 0.3) is 0 Å². The summed E-state index contributed by atoms with van der Waals surface area (Å²) in [6, 6.07) is 0.401. The van der Waals surface area contributed by atoms with Gasteiger partial charge in [0.1, 0.15) is 0 Å². The number of methoxy groups -OCH3 is 1. The normalized spacial score (nSPS) is 21.0. The second-order valence-corrected chi connectivity index (χ2v) is 5.41. The van der Waals surface area contributed by atoms with Crippen LogP contribution in [0.25, 0.3) is 0 Å². The van der Waals surface area contributed by atoms with E-state index in [-0.39, 0.29) is 0 Å². The quantitative estimate of drug-likeness (QED) is 0.693. The fraction of sp³-hybridized carbons (Fsp3) is 1.00. The van der Waals surface area contributed by atoms with Gasteiger partial charge in [0.2, 0.25) is 0 Å². The molecule has 84 valence electrons. The van der Waals surface area contributed by atoms with E-state index in [9.17, 15) is 0 Å². The Bertz CT molecular complexity index is 137. The van der Waals surface area contributed by atoms with Gasteiger partial charge in [-0.25, -0.2) is 0 Å². The van der Waals surface area contributed by atoms with Crippen molar-refractivity contribution in [3.63, 3.8) is 0 Å². The Labute approximate surface area is 92.0 Å². The van der Waals surface area contributed by atoms with E-state index < -0.39 is 0 Å². The SMILES string of the molecule is COCCCC(N)CC1CCSCC1. The van der Waals surface area contributed by atoms with E-state index in [4.69, 9.17) is 10.5 Å². The van der Waals surface area contributed by atoms with Crippen molar-refractivity contribution in [2.24, 2.45) is 11.7 Å². The molecule has 14 heavy (non-hydrogen) atoms. The largest absolute Gasteiger partial charge is 0.385 e. The lowest BCUT2D eigenvalue weighted by atomic mass is 9.93. The third-order valence-corrected chi connectivity index (χ3v) is 3.95. The van der Waals surface area contributed by atoms with Crippen LogP contribution in [0, 0.1) is 5.92 Å². The summed E-state index contributed by atoms with van der Waals surface area (Å²) < 4.78 is 5.02. The molecule has 1 rings (SSSR count). The van der Waals surface area contributed by atoms with Crippen molar-refractivity contribution >= 4 is 11.8 Å². The van der Waals surface area contributed by atoms with Crippen molar-refractivity contribution in [3.8, 4) is 0 Å². The lowest BCUT2D eigenvalue weighted by Gasteiger charge is -2.24. The van der Waals surface area contributed by atoms with Crippen LogP contribution in [0.4, 0.5) is 0 Å². The van der Waals surface area contributed by atoms with E-state index >= 15 is 0 Å². The highest BCUT2D eigenvalue weighted by Crippen LogP contribution is 2.26. The molecule has 0 aromatic rings. The summed E-state index contributed by atoms with van der Waals surface area (Å²) in [4.78, 5) is 0. The van der Waals surface area contributed by atoms with Crippen molar-refractivity contribution in [2.75, 3.05) is 25.2 Å². The highest BCUT2D eigenvalue weighted by molar-refractivity contribution is 7.99. The molecule has 1 fully saturated rings. The number of ether oxygens (including phenoxy) is 1. The topological polar surface area (TPSA) is 35.2 Å². The summed E-state index contributed by atoms with van der Waals surface area (Å²) >= 11 is 2.09. The zero-order valence-corrected chi connectivity index (χ0v) is 10.0. The molecule has 0 amide bonds. The van der Waals surface area contributed by atoms with Gasteiger partial charge in [-0.15, -0.1) is 0 Å². The Balaban J connectivity index is 2.03. The first-order valence-electron chi connectivity index (χ1n) is 5.65. The van der Waals surface area contributed by atoms with Gasteiger partial charge in [-0.2, -0.15) is 11.8 Å². The van der Waals surface area contributed by atoms with E-state index in [1.807, 2.05) is 0 Å². The standard InChI is InChI=1S/C11H23NOS/c1-13-6-2-3-11(12)9-10-4-7-14-8-5-10/h10-11H,2-9,12H2,1H3. The highest BCUT2D eigenvalue weighted by Gasteiger charge is 2.16. The monoisotopic (exact) mass is 217 g/mol. The Morgan fingerprint density at radius 3 is 2.79 bits per heavy atom. The van der Waals surface area contributed by atoms with Crippen molar-refractivity contribution in [2.45, 2.75) is 38.1 Å². The minimum absolute atomic E-state index is 0.401. The molecule has 0 spiro atoms. The maximum absolute atomic E-state index is 6.08. The molecule has 2 N–H and O–H groups in total. The maximum atomic E-state index is 6.08. The van der Waals surface area contributed by atoms with Crippen molar-refractivity contribution in [3.05, 3.63) is 0 Å². The van der Waals surface area contributed by atoms with E-state index in [2.05, 4.69) is 11.8 Å². The number of nitrogens with two attached hydrogens (primary N) is 1. The first-order valence-corrected chi connectivity index (χ1v) is 6.80. The van der Waals surface area contributed by atoms with Gasteiger partial charge in [-0.1, -0.05) is 0 Å². The van der Waals surface area contributed by atoms with Crippen LogP contribution in [-0.4, -0.2) is 31.3 Å². The van der Waals surface area contributed by atoms with E-state index in [0.29, 0.717) is 6.04 Å². The molecular formula is C11H23NOS. The molecule has 1 atom stereocenters. The summed E-state index contributed by atoms with van der Waals surface area (Å²) in [5.41, 5.74) is 6.08. The molecule has 3 heteroatoms. The number of thioether (sulfide) groups is 1. The summed E-state index contributed by atoms with van der Waals surface area (Å²) in [6.07, 6.45) is 6.21. The molecular weight excluding hydrogens is 194 g/mol. The predicted octanol–water partition coefficient (Wildman–Crippen LogP) is 2.27. The molecule has 2 nitrogen and oxygen atoms in total. The average molecular weight is 217 g/mol. The molecule has 0 aromatic carbocycles. The van der Waals surface area contributed by atoms with Crippen molar-refractivity contribution in [1.29, 1.82) is 0 Å². The van der Waals surface area contributed by atoms with Crippen molar-refractivity contribution in [1.82, 2.24) is 0 Å². The maximum Gasteiger partial charge on any atom is 0.0462 e. The molecule has 1 unspecified atom stereocenters. The van der Waals surface area contributed by atoms with Crippen LogP contribution in [0.2, 0.25) is 0 Å². The van der Waals surface area contributed by atoms with Crippen LogP contribution >= 0.6 is 11.8 Å². The molecule has 1 aliphatic heterocycles. The average Bonchev–Trinajstić information content (AvgIpc) is 2.20. The third-order valence-electron chi connectivity index (χ3n) is 2.90. The molecule has 0 aliphatic carbocycles. The summed E-state index contributed by atoms with van der Waals surface area (Å²) in [6.45, 7) is 0.855. The molecule has 0 bridgehead atoms.